The second-order valence-corrected chi connectivity index (χ2v) is 8.67. The number of rotatable bonds is 4. The van der Waals surface area contributed by atoms with Gasteiger partial charge in [-0.15, -0.1) is 0 Å². The number of aromatic nitrogens is 3. The van der Waals surface area contributed by atoms with Crippen molar-refractivity contribution in [2.24, 2.45) is 5.92 Å². The number of urea groups is 1. The monoisotopic (exact) mass is 475 g/mol. The summed E-state index contributed by atoms with van der Waals surface area (Å²) >= 11 is 0. The van der Waals surface area contributed by atoms with E-state index in [1.807, 2.05) is 19.9 Å². The predicted molar refractivity (Wildman–Crippen MR) is 121 cm³/mol. The van der Waals surface area contributed by atoms with Crippen LogP contribution in [0.4, 0.5) is 28.0 Å². The van der Waals surface area contributed by atoms with Crippen LogP contribution in [0.2, 0.25) is 0 Å². The van der Waals surface area contributed by atoms with Gasteiger partial charge >= 0.3 is 12.2 Å². The molecule has 2 amide bonds. The predicted octanol–water partition coefficient (Wildman–Crippen LogP) is 5.82. The molecule has 34 heavy (non-hydrogen) atoms. The molecule has 6 nitrogen and oxygen atoms in total. The van der Waals surface area contributed by atoms with Gasteiger partial charge in [-0.2, -0.15) is 13.2 Å². The zero-order valence-electron chi connectivity index (χ0n) is 19.1. The summed E-state index contributed by atoms with van der Waals surface area (Å²) in [5.74, 6) is -0.580. The van der Waals surface area contributed by atoms with Crippen LogP contribution in [-0.2, 0) is 6.42 Å². The first-order valence-electron chi connectivity index (χ1n) is 11.1. The van der Waals surface area contributed by atoms with Crippen LogP contribution in [0.3, 0.4) is 0 Å². The number of fused-ring (bicyclic) bond motifs is 1. The maximum Gasteiger partial charge on any atom is 0.389 e. The number of halogens is 4. The lowest BCUT2D eigenvalue weighted by Crippen LogP contribution is -2.33. The van der Waals surface area contributed by atoms with E-state index in [9.17, 15) is 22.4 Å². The van der Waals surface area contributed by atoms with Crippen molar-refractivity contribution in [3.05, 3.63) is 47.3 Å². The molecule has 180 valence electrons. The summed E-state index contributed by atoms with van der Waals surface area (Å²) in [6.07, 6.45) is -2.56. The third-order valence-corrected chi connectivity index (χ3v) is 6.06. The van der Waals surface area contributed by atoms with E-state index in [1.165, 1.54) is 17.0 Å². The van der Waals surface area contributed by atoms with E-state index in [2.05, 4.69) is 20.3 Å². The van der Waals surface area contributed by atoms with Gasteiger partial charge in [0.15, 0.2) is 5.65 Å². The summed E-state index contributed by atoms with van der Waals surface area (Å²) in [5, 5.41) is 3.27. The fourth-order valence-corrected chi connectivity index (χ4v) is 4.29. The van der Waals surface area contributed by atoms with Gasteiger partial charge in [0, 0.05) is 48.8 Å². The van der Waals surface area contributed by atoms with Gasteiger partial charge in [-0.05, 0) is 55.5 Å². The number of nitrogens with zero attached hydrogens (tertiary/aromatic N) is 4. The molecule has 1 aromatic carbocycles. The summed E-state index contributed by atoms with van der Waals surface area (Å²) in [6, 6.07) is 4.11. The lowest BCUT2D eigenvalue weighted by atomic mass is 9.97. The van der Waals surface area contributed by atoms with E-state index < -0.39 is 30.4 Å². The van der Waals surface area contributed by atoms with E-state index in [0.29, 0.717) is 34.7 Å². The summed E-state index contributed by atoms with van der Waals surface area (Å²) in [6.45, 7) is 5.72. The molecule has 1 aliphatic rings. The smallest absolute Gasteiger partial charge is 0.324 e. The van der Waals surface area contributed by atoms with Crippen LogP contribution in [-0.4, -0.2) is 45.1 Å². The van der Waals surface area contributed by atoms with Gasteiger partial charge in [-0.1, -0.05) is 6.92 Å². The number of amides is 2. The van der Waals surface area contributed by atoms with Gasteiger partial charge in [0.25, 0.3) is 0 Å². The molecule has 0 aliphatic carbocycles. The Morgan fingerprint density at radius 3 is 2.65 bits per heavy atom. The highest BCUT2D eigenvalue weighted by Gasteiger charge is 2.36. The van der Waals surface area contributed by atoms with Crippen molar-refractivity contribution in [3.63, 3.8) is 0 Å². The van der Waals surface area contributed by atoms with Crippen LogP contribution in [0, 0.1) is 25.6 Å². The number of hydrogen-bond acceptors (Lipinski definition) is 4. The van der Waals surface area contributed by atoms with Crippen LogP contribution < -0.4 is 5.32 Å². The molecular weight excluding hydrogens is 450 g/mol. The number of likely N-dealkylation sites (tertiary alicyclic amines) is 1. The minimum Gasteiger partial charge on any atom is -0.324 e. The Balaban J connectivity index is 1.59. The van der Waals surface area contributed by atoms with E-state index in [-0.39, 0.29) is 25.2 Å². The minimum atomic E-state index is -4.27. The molecule has 3 heterocycles. The first-order valence-corrected chi connectivity index (χ1v) is 11.1. The lowest BCUT2D eigenvalue weighted by Gasteiger charge is -2.19. The van der Waals surface area contributed by atoms with Crippen molar-refractivity contribution in [3.8, 4) is 11.1 Å². The Kier molecular flexibility index (Phi) is 6.42. The molecular formula is C24H25F4N5O. The average molecular weight is 475 g/mol. The second kappa shape index (κ2) is 9.15. The van der Waals surface area contributed by atoms with Gasteiger partial charge in [-0.3, -0.25) is 0 Å². The Morgan fingerprint density at radius 1 is 1.18 bits per heavy atom. The number of aryl methyl sites for hydroxylation is 3. The lowest BCUT2D eigenvalue weighted by molar-refractivity contribution is -0.143. The van der Waals surface area contributed by atoms with Gasteiger partial charge in [0.1, 0.15) is 11.6 Å². The number of anilines is 1. The van der Waals surface area contributed by atoms with Gasteiger partial charge in [0.05, 0.1) is 5.69 Å². The highest BCUT2D eigenvalue weighted by Crippen LogP contribution is 2.33. The summed E-state index contributed by atoms with van der Waals surface area (Å²) in [4.78, 5) is 27.3. The topological polar surface area (TPSA) is 71.0 Å². The van der Waals surface area contributed by atoms with Crippen LogP contribution >= 0.6 is 0 Å². The molecule has 1 N–H and O–H groups in total. The molecule has 2 aromatic heterocycles. The third-order valence-electron chi connectivity index (χ3n) is 6.06. The van der Waals surface area contributed by atoms with Crippen LogP contribution in [0.5, 0.6) is 0 Å². The van der Waals surface area contributed by atoms with Gasteiger partial charge < -0.3 is 10.2 Å². The highest BCUT2D eigenvalue weighted by atomic mass is 19.4. The SMILES string of the molecule is CCc1ncc2cc(-c3cc(NC(=O)N4CC[C@H](CC(F)(F)F)C4)c(F)cc3C)c(C)nc2n1. The fourth-order valence-electron chi connectivity index (χ4n) is 4.29. The molecule has 1 saturated heterocycles. The summed E-state index contributed by atoms with van der Waals surface area (Å²) < 4.78 is 52.7. The average Bonchev–Trinajstić information content (AvgIpc) is 3.21. The third kappa shape index (κ3) is 5.10. The molecule has 10 heteroatoms. The molecule has 3 aromatic rings. The minimum absolute atomic E-state index is 0.0148. The molecule has 4 rings (SSSR count). The van der Waals surface area contributed by atoms with Crippen molar-refractivity contribution in [2.75, 3.05) is 18.4 Å². The van der Waals surface area contributed by atoms with Crippen LogP contribution in [0.15, 0.2) is 24.4 Å². The summed E-state index contributed by atoms with van der Waals surface area (Å²) in [7, 11) is 0. The quantitative estimate of drug-likeness (QED) is 0.483. The van der Waals surface area contributed by atoms with Crippen molar-refractivity contribution in [1.29, 1.82) is 0 Å². The fraction of sp³-hybridized carbons (Fsp3) is 0.417. The first-order chi connectivity index (χ1) is 16.0. The molecule has 1 fully saturated rings. The van der Waals surface area contributed by atoms with Crippen molar-refractivity contribution < 1.29 is 22.4 Å². The van der Waals surface area contributed by atoms with Gasteiger partial charge in [0.2, 0.25) is 0 Å². The van der Waals surface area contributed by atoms with E-state index in [4.69, 9.17) is 0 Å². The number of pyridine rings is 1. The Morgan fingerprint density at radius 2 is 1.94 bits per heavy atom. The molecule has 1 atom stereocenters. The molecule has 0 bridgehead atoms. The standard InChI is InChI=1S/C24H25F4N5O/c1-4-21-29-11-16-8-18(14(3)30-22(16)32-21)17-9-20(19(25)7-13(17)2)31-23(34)33-6-5-15(12-33)10-24(26,27)28/h7-9,11,15H,4-6,10,12H2,1-3H3,(H,31,34)/t15-/m1/s1. The zero-order valence-corrected chi connectivity index (χ0v) is 19.1. The number of nitrogens with one attached hydrogen (secondary N) is 1. The van der Waals surface area contributed by atoms with Crippen molar-refractivity contribution in [2.45, 2.75) is 46.2 Å². The number of benzene rings is 1. The second-order valence-electron chi connectivity index (χ2n) is 8.67. The van der Waals surface area contributed by atoms with Crippen LogP contribution in [0.1, 0.15) is 36.8 Å². The van der Waals surface area contributed by atoms with E-state index in [1.54, 1.807) is 13.1 Å². The van der Waals surface area contributed by atoms with Gasteiger partial charge in [-0.25, -0.2) is 24.1 Å². The Hall–Kier alpha value is -3.30. The molecule has 0 radical (unpaired) electrons. The molecule has 1 aliphatic heterocycles. The Labute approximate surface area is 194 Å². The number of hydrogen-bond donors (Lipinski definition) is 1. The highest BCUT2D eigenvalue weighted by molar-refractivity contribution is 5.91. The Bertz CT molecular complexity index is 1240. The maximum absolute atomic E-state index is 14.7. The normalized spacial score (nSPS) is 16.3. The largest absolute Gasteiger partial charge is 0.389 e. The van der Waals surface area contributed by atoms with Crippen LogP contribution in [0.25, 0.3) is 22.2 Å². The first kappa shape index (κ1) is 23.8. The van der Waals surface area contributed by atoms with E-state index in [0.717, 1.165) is 10.9 Å². The van der Waals surface area contributed by atoms with Crippen molar-refractivity contribution >= 4 is 22.8 Å². The number of carbonyl (C=O) groups is 1. The number of carbonyl (C=O) groups excluding carboxylic acids is 1. The molecule has 0 saturated carbocycles. The molecule has 0 unspecified atom stereocenters. The number of alkyl halides is 3. The van der Waals surface area contributed by atoms with E-state index >= 15 is 0 Å². The molecule has 0 spiro atoms. The van der Waals surface area contributed by atoms with Crippen molar-refractivity contribution in [1.82, 2.24) is 19.9 Å². The maximum atomic E-state index is 14.7. The summed E-state index contributed by atoms with van der Waals surface area (Å²) in [5.41, 5.74) is 3.30. The zero-order chi connectivity index (χ0) is 24.6.